The highest BCUT2D eigenvalue weighted by Gasteiger charge is 2.12. The Morgan fingerprint density at radius 1 is 1.48 bits per heavy atom. The number of unbranched alkanes of at least 4 members (excludes halogenated alkanes) is 1. The predicted octanol–water partition coefficient (Wildman–Crippen LogP) is 2.00. The van der Waals surface area contributed by atoms with Crippen LogP contribution in [0.1, 0.15) is 30.9 Å². The van der Waals surface area contributed by atoms with Gasteiger partial charge in [-0.05, 0) is 18.6 Å². The molecule has 0 aliphatic heterocycles. The van der Waals surface area contributed by atoms with E-state index in [4.69, 9.17) is 10.4 Å². The lowest BCUT2D eigenvalue weighted by Gasteiger charge is -2.22. The number of carbonyl (C=O) groups is 1. The molecule has 21 heavy (non-hydrogen) atoms. The van der Waals surface area contributed by atoms with Crippen LogP contribution in [0, 0.1) is 17.1 Å². The predicted molar refractivity (Wildman–Crippen MR) is 76.9 cm³/mol. The molecule has 0 saturated heterocycles. The van der Waals surface area contributed by atoms with Crippen LogP contribution in [0.15, 0.2) is 18.2 Å². The van der Waals surface area contributed by atoms with E-state index in [0.717, 1.165) is 18.9 Å². The maximum atomic E-state index is 13.7. The second-order valence-corrected chi connectivity index (χ2v) is 4.64. The molecule has 6 heteroatoms. The van der Waals surface area contributed by atoms with Crippen LogP contribution >= 0.6 is 0 Å². The van der Waals surface area contributed by atoms with Gasteiger partial charge in [-0.25, -0.2) is 9.18 Å². The van der Waals surface area contributed by atoms with E-state index in [1.165, 1.54) is 17.0 Å². The zero-order valence-corrected chi connectivity index (χ0v) is 12.1. The Morgan fingerprint density at radius 2 is 2.24 bits per heavy atom. The van der Waals surface area contributed by atoms with Crippen molar-refractivity contribution in [3.8, 4) is 6.07 Å². The molecule has 0 bridgehead atoms. The minimum Gasteiger partial charge on any atom is -0.395 e. The van der Waals surface area contributed by atoms with Gasteiger partial charge >= 0.3 is 6.03 Å². The SMILES string of the molecule is CCCCN(CCO)C(=O)NCc1ccc(C#N)cc1F. The molecule has 2 amide bonds. The largest absolute Gasteiger partial charge is 0.395 e. The van der Waals surface area contributed by atoms with Crippen LogP contribution in [-0.4, -0.2) is 35.7 Å². The van der Waals surface area contributed by atoms with Crippen molar-refractivity contribution in [3.63, 3.8) is 0 Å². The van der Waals surface area contributed by atoms with Crippen LogP contribution in [0.25, 0.3) is 0 Å². The van der Waals surface area contributed by atoms with Gasteiger partial charge in [-0.1, -0.05) is 19.4 Å². The molecule has 2 N–H and O–H groups in total. The van der Waals surface area contributed by atoms with Crippen LogP contribution in [0.4, 0.5) is 9.18 Å². The zero-order valence-electron chi connectivity index (χ0n) is 12.1. The second kappa shape index (κ2) is 8.93. The summed E-state index contributed by atoms with van der Waals surface area (Å²) in [5.41, 5.74) is 0.564. The third-order valence-corrected chi connectivity index (χ3v) is 3.05. The Hall–Kier alpha value is -2.13. The van der Waals surface area contributed by atoms with Crippen molar-refractivity contribution in [1.82, 2.24) is 10.2 Å². The van der Waals surface area contributed by atoms with Crippen molar-refractivity contribution < 1.29 is 14.3 Å². The summed E-state index contributed by atoms with van der Waals surface area (Å²) in [5, 5.41) is 20.3. The maximum absolute atomic E-state index is 13.7. The van der Waals surface area contributed by atoms with Crippen molar-refractivity contribution in [3.05, 3.63) is 35.1 Å². The molecule has 0 saturated carbocycles. The number of rotatable bonds is 7. The van der Waals surface area contributed by atoms with Crippen LogP contribution in [0.2, 0.25) is 0 Å². The molecule has 0 aliphatic carbocycles. The summed E-state index contributed by atoms with van der Waals surface area (Å²) in [6.07, 6.45) is 1.79. The zero-order chi connectivity index (χ0) is 15.7. The number of aliphatic hydroxyl groups excluding tert-OH is 1. The van der Waals surface area contributed by atoms with Gasteiger partial charge in [-0.3, -0.25) is 0 Å². The van der Waals surface area contributed by atoms with Crippen LogP contribution in [0.3, 0.4) is 0 Å². The average Bonchev–Trinajstić information content (AvgIpc) is 2.49. The molecule has 0 unspecified atom stereocenters. The summed E-state index contributed by atoms with van der Waals surface area (Å²) >= 11 is 0. The van der Waals surface area contributed by atoms with E-state index < -0.39 is 5.82 Å². The number of nitriles is 1. The molecule has 5 nitrogen and oxygen atoms in total. The molecule has 1 rings (SSSR count). The number of hydrogen-bond donors (Lipinski definition) is 2. The van der Waals surface area contributed by atoms with Gasteiger partial charge in [0.05, 0.1) is 18.2 Å². The first-order valence-corrected chi connectivity index (χ1v) is 6.94. The number of nitrogens with zero attached hydrogens (tertiary/aromatic N) is 2. The molecule has 0 radical (unpaired) electrons. The van der Waals surface area contributed by atoms with Gasteiger partial charge in [0, 0.05) is 25.2 Å². The van der Waals surface area contributed by atoms with E-state index in [2.05, 4.69) is 5.32 Å². The van der Waals surface area contributed by atoms with E-state index in [-0.39, 0.29) is 31.3 Å². The molecule has 1 aromatic carbocycles. The monoisotopic (exact) mass is 293 g/mol. The van der Waals surface area contributed by atoms with Gasteiger partial charge < -0.3 is 15.3 Å². The smallest absolute Gasteiger partial charge is 0.317 e. The van der Waals surface area contributed by atoms with Gasteiger partial charge in [-0.15, -0.1) is 0 Å². The number of benzene rings is 1. The van der Waals surface area contributed by atoms with E-state index in [1.54, 1.807) is 0 Å². The molecule has 0 atom stereocenters. The highest BCUT2D eigenvalue weighted by Crippen LogP contribution is 2.10. The first-order chi connectivity index (χ1) is 10.1. The Kier molecular flexibility index (Phi) is 7.19. The van der Waals surface area contributed by atoms with Gasteiger partial charge in [0.1, 0.15) is 5.82 Å². The number of hydrogen-bond acceptors (Lipinski definition) is 3. The number of halogens is 1. The Bertz CT molecular complexity index is 514. The van der Waals surface area contributed by atoms with Crippen molar-refractivity contribution in [2.24, 2.45) is 0 Å². The summed E-state index contributed by atoms with van der Waals surface area (Å²) in [5.74, 6) is -0.517. The Balaban J connectivity index is 2.60. The lowest BCUT2D eigenvalue weighted by Crippen LogP contribution is -2.41. The third kappa shape index (κ3) is 5.40. The second-order valence-electron chi connectivity index (χ2n) is 4.64. The quantitative estimate of drug-likeness (QED) is 0.807. The lowest BCUT2D eigenvalue weighted by atomic mass is 10.1. The van der Waals surface area contributed by atoms with Crippen molar-refractivity contribution in [2.75, 3.05) is 19.7 Å². The van der Waals surface area contributed by atoms with Crippen LogP contribution < -0.4 is 5.32 Å². The fourth-order valence-electron chi connectivity index (χ4n) is 1.83. The van der Waals surface area contributed by atoms with E-state index in [0.29, 0.717) is 12.1 Å². The van der Waals surface area contributed by atoms with Crippen molar-refractivity contribution in [1.29, 1.82) is 5.26 Å². The molecule has 0 spiro atoms. The van der Waals surface area contributed by atoms with Crippen LogP contribution in [0.5, 0.6) is 0 Å². The summed E-state index contributed by atoms with van der Waals surface area (Å²) in [6, 6.07) is 5.66. The third-order valence-electron chi connectivity index (χ3n) is 3.05. The summed E-state index contributed by atoms with van der Waals surface area (Å²) in [4.78, 5) is 13.5. The average molecular weight is 293 g/mol. The molecule has 0 aliphatic rings. The fraction of sp³-hybridized carbons (Fsp3) is 0.467. The van der Waals surface area contributed by atoms with E-state index >= 15 is 0 Å². The Labute approximate surface area is 124 Å². The highest BCUT2D eigenvalue weighted by molar-refractivity contribution is 5.74. The van der Waals surface area contributed by atoms with E-state index in [9.17, 15) is 9.18 Å². The van der Waals surface area contributed by atoms with Gasteiger partial charge in [-0.2, -0.15) is 5.26 Å². The normalized spacial score (nSPS) is 10.0. The topological polar surface area (TPSA) is 76.4 Å². The van der Waals surface area contributed by atoms with Crippen molar-refractivity contribution >= 4 is 6.03 Å². The first-order valence-electron chi connectivity index (χ1n) is 6.94. The molecule has 0 aromatic heterocycles. The number of aliphatic hydroxyl groups is 1. The minimum absolute atomic E-state index is 0.0461. The number of carbonyl (C=O) groups excluding carboxylic acids is 1. The molecular formula is C15H20FN3O2. The molecule has 114 valence electrons. The van der Waals surface area contributed by atoms with Gasteiger partial charge in [0.15, 0.2) is 0 Å². The van der Waals surface area contributed by atoms with Crippen LogP contribution in [-0.2, 0) is 6.54 Å². The van der Waals surface area contributed by atoms with Gasteiger partial charge in [0.2, 0.25) is 0 Å². The molecular weight excluding hydrogens is 273 g/mol. The summed E-state index contributed by atoms with van der Waals surface area (Å²) < 4.78 is 13.7. The first kappa shape index (κ1) is 16.9. The standard InChI is InChI=1S/C15H20FN3O2/c1-2-3-6-19(7-8-20)15(21)18-11-13-5-4-12(10-17)9-14(13)16/h4-5,9,20H,2-3,6-8,11H2,1H3,(H,18,21). The molecule has 0 heterocycles. The van der Waals surface area contributed by atoms with Gasteiger partial charge in [0.25, 0.3) is 0 Å². The fourth-order valence-corrected chi connectivity index (χ4v) is 1.83. The summed E-state index contributed by atoms with van der Waals surface area (Å²) in [7, 11) is 0. The maximum Gasteiger partial charge on any atom is 0.317 e. The lowest BCUT2D eigenvalue weighted by molar-refractivity contribution is 0.176. The number of amides is 2. The Morgan fingerprint density at radius 3 is 2.81 bits per heavy atom. The highest BCUT2D eigenvalue weighted by atomic mass is 19.1. The number of urea groups is 1. The molecule has 1 aromatic rings. The number of nitrogens with one attached hydrogen (secondary N) is 1. The minimum atomic E-state index is -0.517. The van der Waals surface area contributed by atoms with E-state index in [1.807, 2.05) is 13.0 Å². The summed E-state index contributed by atoms with van der Waals surface area (Å²) in [6.45, 7) is 2.76. The van der Waals surface area contributed by atoms with Crippen molar-refractivity contribution in [2.45, 2.75) is 26.3 Å². The molecule has 0 fully saturated rings.